The van der Waals surface area contributed by atoms with Crippen LogP contribution in [0.3, 0.4) is 0 Å². The number of nitrogens with zero attached hydrogens (tertiary/aromatic N) is 1. The van der Waals surface area contributed by atoms with Gasteiger partial charge in [0.15, 0.2) is 0 Å². The minimum Gasteiger partial charge on any atom is -0.356 e. The topological polar surface area (TPSA) is 111 Å². The SMILES string of the molecule is Cc1ccc(S(=O)(=O)N(C)CC(=O)NNC(=O)c2cc(Br)c[nH]2)cc1C. The van der Waals surface area contributed by atoms with Crippen LogP contribution in [-0.4, -0.2) is 43.1 Å². The van der Waals surface area contributed by atoms with Gasteiger partial charge in [-0.05, 0) is 59.1 Å². The average molecular weight is 443 g/mol. The Bertz CT molecular complexity index is 939. The van der Waals surface area contributed by atoms with Crippen LogP contribution in [0.5, 0.6) is 0 Å². The van der Waals surface area contributed by atoms with Gasteiger partial charge in [-0.3, -0.25) is 20.4 Å². The van der Waals surface area contributed by atoms with Crippen LogP contribution in [0, 0.1) is 13.8 Å². The molecule has 140 valence electrons. The Labute approximate surface area is 160 Å². The number of likely N-dealkylation sites (N-methyl/N-ethyl adjacent to an activating group) is 1. The highest BCUT2D eigenvalue weighted by Gasteiger charge is 2.23. The van der Waals surface area contributed by atoms with E-state index >= 15 is 0 Å². The van der Waals surface area contributed by atoms with Crippen molar-refractivity contribution in [2.45, 2.75) is 18.7 Å². The molecule has 0 unspecified atom stereocenters. The molecule has 0 aliphatic carbocycles. The molecular weight excluding hydrogens is 424 g/mol. The van der Waals surface area contributed by atoms with Gasteiger partial charge < -0.3 is 4.98 Å². The lowest BCUT2D eigenvalue weighted by atomic mass is 10.1. The van der Waals surface area contributed by atoms with E-state index in [0.717, 1.165) is 15.4 Å². The van der Waals surface area contributed by atoms with E-state index in [2.05, 4.69) is 31.8 Å². The van der Waals surface area contributed by atoms with Crippen LogP contribution >= 0.6 is 15.9 Å². The van der Waals surface area contributed by atoms with Gasteiger partial charge in [0.05, 0.1) is 11.4 Å². The first-order valence-electron chi connectivity index (χ1n) is 7.58. The van der Waals surface area contributed by atoms with Gasteiger partial charge in [-0.25, -0.2) is 8.42 Å². The van der Waals surface area contributed by atoms with Crippen LogP contribution in [0.15, 0.2) is 39.8 Å². The Morgan fingerprint density at radius 1 is 1.15 bits per heavy atom. The zero-order valence-electron chi connectivity index (χ0n) is 14.5. The molecule has 0 aliphatic heterocycles. The van der Waals surface area contributed by atoms with E-state index in [1.54, 1.807) is 18.3 Å². The molecule has 0 fully saturated rings. The summed E-state index contributed by atoms with van der Waals surface area (Å²) in [6, 6.07) is 6.31. The first-order valence-corrected chi connectivity index (χ1v) is 9.81. The molecule has 2 amide bonds. The number of carbonyl (C=O) groups excluding carboxylic acids is 2. The molecular formula is C16H19BrN4O4S. The zero-order valence-corrected chi connectivity index (χ0v) is 16.9. The summed E-state index contributed by atoms with van der Waals surface area (Å²) in [5.74, 6) is -1.22. The molecule has 0 atom stereocenters. The number of hydrogen-bond donors (Lipinski definition) is 3. The normalized spacial score (nSPS) is 11.4. The van der Waals surface area contributed by atoms with Crippen molar-refractivity contribution < 1.29 is 18.0 Å². The molecule has 1 aromatic heterocycles. The highest BCUT2D eigenvalue weighted by Crippen LogP contribution is 2.18. The molecule has 1 aromatic carbocycles. The summed E-state index contributed by atoms with van der Waals surface area (Å²) in [6.45, 7) is 3.26. The second kappa shape index (κ2) is 8.02. The van der Waals surface area contributed by atoms with Gasteiger partial charge in [0.2, 0.25) is 10.0 Å². The third-order valence-electron chi connectivity index (χ3n) is 3.76. The van der Waals surface area contributed by atoms with Crippen molar-refractivity contribution in [3.05, 3.63) is 51.8 Å². The first-order chi connectivity index (χ1) is 12.1. The molecule has 0 spiro atoms. The number of benzene rings is 1. The molecule has 8 nitrogen and oxygen atoms in total. The van der Waals surface area contributed by atoms with E-state index in [1.165, 1.54) is 19.2 Å². The molecule has 0 saturated heterocycles. The van der Waals surface area contributed by atoms with E-state index in [0.29, 0.717) is 4.47 Å². The fraction of sp³-hybridized carbons (Fsp3) is 0.250. The Kier molecular flexibility index (Phi) is 6.21. The summed E-state index contributed by atoms with van der Waals surface area (Å²) < 4.78 is 26.7. The van der Waals surface area contributed by atoms with Crippen LogP contribution in [0.1, 0.15) is 21.6 Å². The van der Waals surface area contributed by atoms with Crippen molar-refractivity contribution in [1.82, 2.24) is 20.1 Å². The predicted octanol–water partition coefficient (Wildman–Crippen LogP) is 1.48. The van der Waals surface area contributed by atoms with E-state index in [4.69, 9.17) is 0 Å². The second-order valence-corrected chi connectivity index (χ2v) is 8.70. The number of nitrogens with one attached hydrogen (secondary N) is 3. The van der Waals surface area contributed by atoms with E-state index in [9.17, 15) is 18.0 Å². The molecule has 2 aromatic rings. The predicted molar refractivity (Wildman–Crippen MR) is 99.8 cm³/mol. The van der Waals surface area contributed by atoms with Gasteiger partial charge in [-0.2, -0.15) is 4.31 Å². The van der Waals surface area contributed by atoms with Crippen molar-refractivity contribution in [2.24, 2.45) is 0 Å². The minimum atomic E-state index is -3.81. The number of aromatic nitrogens is 1. The van der Waals surface area contributed by atoms with E-state index in [-0.39, 0.29) is 10.6 Å². The Balaban J connectivity index is 1.97. The number of sulfonamides is 1. The van der Waals surface area contributed by atoms with Crippen molar-refractivity contribution in [3.8, 4) is 0 Å². The van der Waals surface area contributed by atoms with Crippen LogP contribution < -0.4 is 10.9 Å². The highest BCUT2D eigenvalue weighted by molar-refractivity contribution is 9.10. The number of hydrazine groups is 1. The molecule has 0 aliphatic rings. The maximum Gasteiger partial charge on any atom is 0.286 e. The smallest absolute Gasteiger partial charge is 0.286 e. The molecule has 1 heterocycles. The number of H-pyrrole nitrogens is 1. The number of amides is 2. The number of hydrogen-bond acceptors (Lipinski definition) is 4. The van der Waals surface area contributed by atoms with Crippen molar-refractivity contribution in [3.63, 3.8) is 0 Å². The molecule has 26 heavy (non-hydrogen) atoms. The van der Waals surface area contributed by atoms with Gasteiger partial charge in [0, 0.05) is 17.7 Å². The van der Waals surface area contributed by atoms with Crippen molar-refractivity contribution in [2.75, 3.05) is 13.6 Å². The summed E-state index contributed by atoms with van der Waals surface area (Å²) in [5.41, 5.74) is 6.46. The van der Waals surface area contributed by atoms with Gasteiger partial charge in [-0.15, -0.1) is 0 Å². The quantitative estimate of drug-likeness (QED) is 0.608. The standard InChI is InChI=1S/C16H19BrN4O4S/c1-10-4-5-13(6-11(10)2)26(24,25)21(3)9-15(22)19-20-16(23)14-7-12(17)8-18-14/h4-8,18H,9H2,1-3H3,(H,19,22)(H,20,23). The molecule has 0 saturated carbocycles. The molecule has 0 radical (unpaired) electrons. The minimum absolute atomic E-state index is 0.108. The second-order valence-electron chi connectivity index (χ2n) is 5.74. The maximum atomic E-state index is 12.5. The third kappa shape index (κ3) is 4.71. The fourth-order valence-electron chi connectivity index (χ4n) is 2.07. The van der Waals surface area contributed by atoms with E-state index < -0.39 is 28.4 Å². The van der Waals surface area contributed by atoms with Gasteiger partial charge in [0.1, 0.15) is 5.69 Å². The van der Waals surface area contributed by atoms with Gasteiger partial charge >= 0.3 is 0 Å². The zero-order chi connectivity index (χ0) is 19.5. The largest absolute Gasteiger partial charge is 0.356 e. The Morgan fingerprint density at radius 3 is 2.42 bits per heavy atom. The molecule has 2 rings (SSSR count). The number of aryl methyl sites for hydroxylation is 2. The van der Waals surface area contributed by atoms with Gasteiger partial charge in [-0.1, -0.05) is 6.07 Å². The van der Waals surface area contributed by atoms with Crippen LogP contribution in [0.25, 0.3) is 0 Å². The first kappa shape index (κ1) is 20.1. The lowest BCUT2D eigenvalue weighted by Crippen LogP contribution is -2.46. The summed E-state index contributed by atoms with van der Waals surface area (Å²) in [7, 11) is -2.51. The monoisotopic (exact) mass is 442 g/mol. The van der Waals surface area contributed by atoms with Crippen LogP contribution in [-0.2, 0) is 14.8 Å². The number of carbonyl (C=O) groups is 2. The summed E-state index contributed by atoms with van der Waals surface area (Å²) in [6.07, 6.45) is 1.57. The van der Waals surface area contributed by atoms with Gasteiger partial charge in [0.25, 0.3) is 11.8 Å². The van der Waals surface area contributed by atoms with E-state index in [1.807, 2.05) is 13.8 Å². The molecule has 0 bridgehead atoms. The number of aromatic amines is 1. The van der Waals surface area contributed by atoms with Crippen molar-refractivity contribution in [1.29, 1.82) is 0 Å². The molecule has 10 heteroatoms. The highest BCUT2D eigenvalue weighted by atomic mass is 79.9. The third-order valence-corrected chi connectivity index (χ3v) is 6.02. The van der Waals surface area contributed by atoms with Crippen molar-refractivity contribution >= 4 is 37.8 Å². The Hall–Kier alpha value is -2.17. The van der Waals surface area contributed by atoms with Crippen LogP contribution in [0.4, 0.5) is 0 Å². The lowest BCUT2D eigenvalue weighted by molar-refractivity contribution is -0.121. The number of rotatable bonds is 5. The lowest BCUT2D eigenvalue weighted by Gasteiger charge is -2.17. The summed E-state index contributed by atoms with van der Waals surface area (Å²) in [4.78, 5) is 26.6. The number of halogens is 1. The average Bonchev–Trinajstić information content (AvgIpc) is 3.01. The molecule has 3 N–H and O–H groups in total. The summed E-state index contributed by atoms with van der Waals surface area (Å²) in [5, 5.41) is 0. The fourth-order valence-corrected chi connectivity index (χ4v) is 3.63. The maximum absolute atomic E-state index is 12.5. The summed E-state index contributed by atoms with van der Waals surface area (Å²) >= 11 is 3.19. The Morgan fingerprint density at radius 2 is 1.85 bits per heavy atom. The van der Waals surface area contributed by atoms with Crippen LogP contribution in [0.2, 0.25) is 0 Å².